The molecule has 0 amide bonds. The van der Waals surface area contributed by atoms with Crippen LogP contribution in [0.5, 0.6) is 0 Å². The number of hydrogen-bond donors (Lipinski definition) is 2. The number of hydrogen-bond acceptors (Lipinski definition) is 7. The molecule has 0 aliphatic carbocycles. The number of carbonyl (C=O) groups is 1. The van der Waals surface area contributed by atoms with Gasteiger partial charge in [-0.2, -0.15) is 0 Å². The maximum Gasteiger partial charge on any atom is 0.323 e. The maximum atomic E-state index is 11.6. The van der Waals surface area contributed by atoms with Gasteiger partial charge in [-0.15, -0.1) is 0 Å². The van der Waals surface area contributed by atoms with E-state index in [9.17, 15) is 4.79 Å². The van der Waals surface area contributed by atoms with Crippen LogP contribution in [0.2, 0.25) is 0 Å². The SMILES string of the molecule is CC(C)(C)OC(=O)C(N)CCOCCOCCOCCCN. The zero-order valence-corrected chi connectivity index (χ0v) is 14.1. The van der Waals surface area contributed by atoms with Gasteiger partial charge < -0.3 is 30.4 Å². The molecule has 0 radical (unpaired) electrons. The fourth-order valence-corrected chi connectivity index (χ4v) is 1.43. The van der Waals surface area contributed by atoms with Crippen molar-refractivity contribution >= 4 is 5.97 Å². The second-order valence-corrected chi connectivity index (χ2v) is 5.91. The van der Waals surface area contributed by atoms with E-state index in [2.05, 4.69) is 0 Å². The normalized spacial score (nSPS) is 13.1. The summed E-state index contributed by atoms with van der Waals surface area (Å²) in [7, 11) is 0. The summed E-state index contributed by atoms with van der Waals surface area (Å²) < 4.78 is 21.2. The first-order chi connectivity index (χ1) is 10.4. The molecule has 0 aromatic heterocycles. The highest BCUT2D eigenvalue weighted by molar-refractivity contribution is 5.75. The van der Waals surface area contributed by atoms with Crippen LogP contribution in [0, 0.1) is 0 Å². The molecule has 0 aliphatic rings. The first-order valence-electron chi connectivity index (χ1n) is 7.78. The van der Waals surface area contributed by atoms with Crippen LogP contribution in [-0.2, 0) is 23.7 Å². The summed E-state index contributed by atoms with van der Waals surface area (Å²) in [5.74, 6) is -0.401. The van der Waals surface area contributed by atoms with Crippen LogP contribution in [0.1, 0.15) is 33.6 Å². The van der Waals surface area contributed by atoms with E-state index < -0.39 is 17.6 Å². The Morgan fingerprint density at radius 3 is 1.95 bits per heavy atom. The molecule has 0 fully saturated rings. The summed E-state index contributed by atoms with van der Waals surface area (Å²) in [6.45, 7) is 9.18. The lowest BCUT2D eigenvalue weighted by molar-refractivity contribution is -0.157. The van der Waals surface area contributed by atoms with Gasteiger partial charge in [0, 0.05) is 13.2 Å². The van der Waals surface area contributed by atoms with Gasteiger partial charge >= 0.3 is 5.97 Å². The molecule has 1 unspecified atom stereocenters. The quantitative estimate of drug-likeness (QED) is 0.375. The molecule has 0 aromatic rings. The van der Waals surface area contributed by atoms with E-state index >= 15 is 0 Å². The number of nitrogens with two attached hydrogens (primary N) is 2. The third kappa shape index (κ3) is 14.2. The number of ether oxygens (including phenoxy) is 4. The lowest BCUT2D eigenvalue weighted by Gasteiger charge is -2.22. The minimum absolute atomic E-state index is 0.400. The van der Waals surface area contributed by atoms with Gasteiger partial charge in [0.2, 0.25) is 0 Å². The summed E-state index contributed by atoms with van der Waals surface area (Å²) >= 11 is 0. The Labute approximate surface area is 133 Å². The van der Waals surface area contributed by atoms with Gasteiger partial charge in [0.1, 0.15) is 11.6 Å². The molecule has 1 atom stereocenters. The smallest absolute Gasteiger partial charge is 0.323 e. The number of rotatable bonds is 13. The highest BCUT2D eigenvalue weighted by Gasteiger charge is 2.21. The van der Waals surface area contributed by atoms with Crippen LogP contribution in [0.25, 0.3) is 0 Å². The molecular formula is C15H32N2O5. The minimum Gasteiger partial charge on any atom is -0.459 e. The molecule has 0 aromatic carbocycles. The van der Waals surface area contributed by atoms with E-state index in [-0.39, 0.29) is 0 Å². The molecule has 22 heavy (non-hydrogen) atoms. The van der Waals surface area contributed by atoms with E-state index in [1.165, 1.54) is 0 Å². The van der Waals surface area contributed by atoms with E-state index in [4.69, 9.17) is 30.4 Å². The van der Waals surface area contributed by atoms with E-state index in [1.54, 1.807) is 0 Å². The first-order valence-corrected chi connectivity index (χ1v) is 7.78. The molecule has 7 nitrogen and oxygen atoms in total. The van der Waals surface area contributed by atoms with Gasteiger partial charge in [-0.1, -0.05) is 0 Å². The molecule has 0 bridgehead atoms. The monoisotopic (exact) mass is 320 g/mol. The number of esters is 1. The van der Waals surface area contributed by atoms with Crippen molar-refractivity contribution in [2.75, 3.05) is 46.2 Å². The molecule has 0 spiro atoms. The summed E-state index contributed by atoms with van der Waals surface area (Å²) in [4.78, 5) is 11.6. The van der Waals surface area contributed by atoms with Crippen LogP contribution in [-0.4, -0.2) is 63.8 Å². The lowest BCUT2D eigenvalue weighted by atomic mass is 10.2. The van der Waals surface area contributed by atoms with Crippen LogP contribution < -0.4 is 11.5 Å². The van der Waals surface area contributed by atoms with Gasteiger partial charge in [0.15, 0.2) is 0 Å². The molecule has 0 saturated heterocycles. The Bertz CT molecular complexity index is 282. The molecular weight excluding hydrogens is 288 g/mol. The Hall–Kier alpha value is -0.730. The standard InChI is InChI=1S/C15H32N2O5/c1-15(2,3)22-14(18)13(17)5-8-20-10-12-21-11-9-19-7-4-6-16/h13H,4-12,16-17H2,1-3H3. The molecule has 0 rings (SSSR count). The second-order valence-electron chi connectivity index (χ2n) is 5.91. The van der Waals surface area contributed by atoms with Crippen LogP contribution >= 0.6 is 0 Å². The highest BCUT2D eigenvalue weighted by Crippen LogP contribution is 2.08. The predicted octanol–water partition coefficient (Wildman–Crippen LogP) is 0.444. The summed E-state index contributed by atoms with van der Waals surface area (Å²) in [6, 6.07) is -0.656. The van der Waals surface area contributed by atoms with E-state index in [0.717, 1.165) is 6.42 Å². The lowest BCUT2D eigenvalue weighted by Crippen LogP contribution is -2.38. The van der Waals surface area contributed by atoms with Crippen molar-refractivity contribution in [2.45, 2.75) is 45.3 Å². The van der Waals surface area contributed by atoms with Crippen molar-refractivity contribution in [3.8, 4) is 0 Å². The second kappa shape index (κ2) is 12.8. The van der Waals surface area contributed by atoms with Crippen molar-refractivity contribution in [2.24, 2.45) is 11.5 Å². The van der Waals surface area contributed by atoms with Gasteiger partial charge in [0.25, 0.3) is 0 Å². The van der Waals surface area contributed by atoms with Gasteiger partial charge in [-0.3, -0.25) is 4.79 Å². The van der Waals surface area contributed by atoms with Gasteiger partial charge in [0.05, 0.1) is 26.4 Å². The van der Waals surface area contributed by atoms with Crippen LogP contribution in [0.4, 0.5) is 0 Å². The topological polar surface area (TPSA) is 106 Å². The summed E-state index contributed by atoms with van der Waals surface area (Å²) in [6.07, 6.45) is 1.29. The van der Waals surface area contributed by atoms with Crippen molar-refractivity contribution in [3.63, 3.8) is 0 Å². The van der Waals surface area contributed by atoms with Gasteiger partial charge in [-0.05, 0) is 40.2 Å². The van der Waals surface area contributed by atoms with Crippen LogP contribution in [0.3, 0.4) is 0 Å². The fraction of sp³-hybridized carbons (Fsp3) is 0.933. The average Bonchev–Trinajstić information content (AvgIpc) is 2.42. The summed E-state index contributed by atoms with van der Waals surface area (Å²) in [5, 5.41) is 0. The highest BCUT2D eigenvalue weighted by atomic mass is 16.6. The molecule has 0 heterocycles. The third-order valence-electron chi connectivity index (χ3n) is 2.52. The Balaban J connectivity index is 3.37. The zero-order valence-electron chi connectivity index (χ0n) is 14.1. The number of carbonyl (C=O) groups excluding carboxylic acids is 1. The largest absolute Gasteiger partial charge is 0.459 e. The van der Waals surface area contributed by atoms with Crippen molar-refractivity contribution < 1.29 is 23.7 Å². The molecule has 4 N–H and O–H groups in total. The maximum absolute atomic E-state index is 11.6. The minimum atomic E-state index is -0.656. The fourth-order valence-electron chi connectivity index (χ4n) is 1.43. The molecule has 132 valence electrons. The molecule has 0 saturated carbocycles. The average molecular weight is 320 g/mol. The Kier molecular flexibility index (Phi) is 12.4. The van der Waals surface area contributed by atoms with Crippen molar-refractivity contribution in [1.82, 2.24) is 0 Å². The zero-order chi connectivity index (χ0) is 16.8. The van der Waals surface area contributed by atoms with Gasteiger partial charge in [-0.25, -0.2) is 0 Å². The van der Waals surface area contributed by atoms with Crippen molar-refractivity contribution in [1.29, 1.82) is 0 Å². The van der Waals surface area contributed by atoms with Crippen LogP contribution in [0.15, 0.2) is 0 Å². The predicted molar refractivity (Wildman–Crippen MR) is 84.6 cm³/mol. The third-order valence-corrected chi connectivity index (χ3v) is 2.52. The van der Waals surface area contributed by atoms with Crippen molar-refractivity contribution in [3.05, 3.63) is 0 Å². The molecule has 0 aliphatic heterocycles. The Morgan fingerprint density at radius 1 is 0.955 bits per heavy atom. The summed E-state index contributed by atoms with van der Waals surface area (Å²) in [5.41, 5.74) is 10.6. The first kappa shape index (κ1) is 21.3. The van der Waals surface area contributed by atoms with E-state index in [1.807, 2.05) is 20.8 Å². The Morgan fingerprint density at radius 2 is 1.45 bits per heavy atom. The van der Waals surface area contributed by atoms with E-state index in [0.29, 0.717) is 52.6 Å². The molecule has 7 heteroatoms.